The Balaban J connectivity index is 2.26. The minimum Gasteiger partial charge on any atom is -0.481 e. The van der Waals surface area contributed by atoms with E-state index in [1.165, 1.54) is 0 Å². The third-order valence-corrected chi connectivity index (χ3v) is 2.06. The second-order valence-corrected chi connectivity index (χ2v) is 3.23. The van der Waals surface area contributed by atoms with E-state index in [2.05, 4.69) is 16.1 Å². The van der Waals surface area contributed by atoms with E-state index in [0.717, 1.165) is 17.0 Å². The van der Waals surface area contributed by atoms with Gasteiger partial charge in [-0.15, -0.1) is 6.42 Å². The zero-order valence-corrected chi connectivity index (χ0v) is 8.60. The molecule has 4 nitrogen and oxygen atoms in total. The maximum Gasteiger partial charge on any atom is 0.148 e. The van der Waals surface area contributed by atoms with Gasteiger partial charge in [-0.1, -0.05) is 18.1 Å². The molecule has 1 aromatic carbocycles. The highest BCUT2D eigenvalue weighted by atomic mass is 16.5. The number of benzene rings is 1. The van der Waals surface area contributed by atoms with Gasteiger partial charge in [0.1, 0.15) is 18.2 Å². The third kappa shape index (κ3) is 2.15. The first-order valence-electron chi connectivity index (χ1n) is 4.77. The molecule has 0 aliphatic carbocycles. The van der Waals surface area contributed by atoms with Crippen molar-refractivity contribution in [3.63, 3.8) is 0 Å². The molecule has 2 aromatic rings. The first-order chi connectivity index (χ1) is 7.79. The molecule has 16 heavy (non-hydrogen) atoms. The number of aromatic nitrogens is 2. The van der Waals surface area contributed by atoms with Gasteiger partial charge in [0.05, 0.1) is 5.69 Å². The molecule has 0 amide bonds. The van der Waals surface area contributed by atoms with Crippen LogP contribution in [-0.2, 0) is 0 Å². The molecule has 0 spiro atoms. The van der Waals surface area contributed by atoms with Crippen molar-refractivity contribution < 1.29 is 4.74 Å². The number of terminal acetylenes is 1. The molecule has 0 radical (unpaired) electrons. The minimum atomic E-state index is 0.259. The number of anilines is 1. The summed E-state index contributed by atoms with van der Waals surface area (Å²) < 4.78 is 5.32. The second kappa shape index (κ2) is 4.41. The second-order valence-electron chi connectivity index (χ2n) is 3.23. The summed E-state index contributed by atoms with van der Waals surface area (Å²) in [6.07, 6.45) is 5.12. The molecule has 3 N–H and O–H groups in total. The molecular formula is C12H11N3O. The Bertz CT molecular complexity index is 525. The quantitative estimate of drug-likeness (QED) is 0.762. The lowest BCUT2D eigenvalue weighted by Gasteiger charge is -2.03. The summed E-state index contributed by atoms with van der Waals surface area (Å²) >= 11 is 0. The van der Waals surface area contributed by atoms with Gasteiger partial charge in [-0.05, 0) is 12.1 Å². The molecule has 1 aromatic heterocycles. The molecule has 0 saturated heterocycles. The lowest BCUT2D eigenvalue weighted by Crippen LogP contribution is -1.93. The number of nitrogens with two attached hydrogens (primary N) is 1. The highest BCUT2D eigenvalue weighted by Gasteiger charge is 2.02. The normalized spacial score (nSPS) is 9.69. The maximum absolute atomic E-state index is 5.53. The Morgan fingerprint density at radius 3 is 3.00 bits per heavy atom. The number of nitrogens with zero attached hydrogens (tertiary/aromatic N) is 1. The van der Waals surface area contributed by atoms with Crippen LogP contribution in [0.1, 0.15) is 0 Å². The van der Waals surface area contributed by atoms with Gasteiger partial charge in [0.2, 0.25) is 0 Å². The molecule has 80 valence electrons. The van der Waals surface area contributed by atoms with E-state index >= 15 is 0 Å². The van der Waals surface area contributed by atoms with Crippen molar-refractivity contribution in [2.24, 2.45) is 0 Å². The van der Waals surface area contributed by atoms with Crippen molar-refractivity contribution >= 4 is 5.82 Å². The van der Waals surface area contributed by atoms with Crippen molar-refractivity contribution in [3.05, 3.63) is 30.3 Å². The van der Waals surface area contributed by atoms with Crippen LogP contribution in [0.2, 0.25) is 0 Å². The Hall–Kier alpha value is -2.41. The number of nitrogens with one attached hydrogen (secondary N) is 1. The average molecular weight is 213 g/mol. The van der Waals surface area contributed by atoms with Crippen LogP contribution in [0.15, 0.2) is 30.3 Å². The number of ether oxygens (including phenoxy) is 1. The fourth-order valence-electron chi connectivity index (χ4n) is 1.36. The van der Waals surface area contributed by atoms with Gasteiger partial charge in [0.25, 0.3) is 0 Å². The van der Waals surface area contributed by atoms with Crippen molar-refractivity contribution in [2.45, 2.75) is 0 Å². The highest BCUT2D eigenvalue weighted by Crippen LogP contribution is 2.23. The molecule has 4 heteroatoms. The van der Waals surface area contributed by atoms with Crippen molar-refractivity contribution in [3.8, 4) is 29.4 Å². The number of hydrogen-bond donors (Lipinski definition) is 2. The first kappa shape index (κ1) is 10.1. The van der Waals surface area contributed by atoms with Crippen LogP contribution in [0.25, 0.3) is 11.3 Å². The van der Waals surface area contributed by atoms with E-state index in [0.29, 0.717) is 5.82 Å². The van der Waals surface area contributed by atoms with Crippen LogP contribution < -0.4 is 10.5 Å². The topological polar surface area (TPSA) is 63.9 Å². The molecule has 0 fully saturated rings. The zero-order chi connectivity index (χ0) is 11.4. The molecule has 0 saturated carbocycles. The molecule has 1 heterocycles. The van der Waals surface area contributed by atoms with Crippen molar-refractivity contribution in [1.82, 2.24) is 10.2 Å². The van der Waals surface area contributed by atoms with Crippen LogP contribution in [0, 0.1) is 12.3 Å². The minimum absolute atomic E-state index is 0.259. The first-order valence-corrected chi connectivity index (χ1v) is 4.77. The fourth-order valence-corrected chi connectivity index (χ4v) is 1.36. The standard InChI is InChI=1S/C12H11N3O/c1-2-6-16-10-5-3-4-9(7-10)11-8-12(13)15-14-11/h1,3-5,7-8H,6H2,(H3,13,14,15). The lowest BCUT2D eigenvalue weighted by atomic mass is 10.1. The Kier molecular flexibility index (Phi) is 2.79. The predicted octanol–water partition coefficient (Wildman–Crippen LogP) is 1.67. The molecule has 0 aliphatic heterocycles. The maximum atomic E-state index is 5.53. The van der Waals surface area contributed by atoms with Gasteiger partial charge < -0.3 is 10.5 Å². The average Bonchev–Trinajstić information content (AvgIpc) is 2.74. The molecule has 2 rings (SSSR count). The summed E-state index contributed by atoms with van der Waals surface area (Å²) in [5.74, 6) is 3.61. The van der Waals surface area contributed by atoms with E-state index in [9.17, 15) is 0 Å². The summed E-state index contributed by atoms with van der Waals surface area (Å²) in [5.41, 5.74) is 7.34. The van der Waals surface area contributed by atoms with E-state index in [-0.39, 0.29) is 6.61 Å². The zero-order valence-electron chi connectivity index (χ0n) is 8.60. The number of aromatic amines is 1. The van der Waals surface area contributed by atoms with Gasteiger partial charge in [-0.2, -0.15) is 5.10 Å². The number of H-pyrrole nitrogens is 1. The summed E-state index contributed by atoms with van der Waals surface area (Å²) in [7, 11) is 0. The van der Waals surface area contributed by atoms with Crippen LogP contribution in [0.4, 0.5) is 5.82 Å². The Morgan fingerprint density at radius 2 is 2.31 bits per heavy atom. The highest BCUT2D eigenvalue weighted by molar-refractivity contribution is 5.63. The molecule has 0 unspecified atom stereocenters. The largest absolute Gasteiger partial charge is 0.481 e. The summed E-state index contributed by atoms with van der Waals surface area (Å²) in [4.78, 5) is 0. The molecule has 0 aliphatic rings. The van der Waals surface area contributed by atoms with Gasteiger partial charge in [-0.3, -0.25) is 5.10 Å². The number of hydrogen-bond acceptors (Lipinski definition) is 3. The molecule has 0 atom stereocenters. The van der Waals surface area contributed by atoms with Crippen molar-refractivity contribution in [1.29, 1.82) is 0 Å². The van der Waals surface area contributed by atoms with Gasteiger partial charge >= 0.3 is 0 Å². The number of rotatable bonds is 3. The molecular weight excluding hydrogens is 202 g/mol. The van der Waals surface area contributed by atoms with Crippen LogP contribution >= 0.6 is 0 Å². The Labute approximate surface area is 93.4 Å². The van der Waals surface area contributed by atoms with Crippen LogP contribution in [0.5, 0.6) is 5.75 Å². The van der Waals surface area contributed by atoms with Gasteiger partial charge in [0.15, 0.2) is 0 Å². The smallest absolute Gasteiger partial charge is 0.148 e. The third-order valence-electron chi connectivity index (χ3n) is 2.06. The van der Waals surface area contributed by atoms with E-state index < -0.39 is 0 Å². The lowest BCUT2D eigenvalue weighted by molar-refractivity contribution is 0.370. The fraction of sp³-hybridized carbons (Fsp3) is 0.0833. The van der Waals surface area contributed by atoms with Crippen LogP contribution in [-0.4, -0.2) is 16.8 Å². The van der Waals surface area contributed by atoms with Gasteiger partial charge in [-0.25, -0.2) is 0 Å². The summed E-state index contributed by atoms with van der Waals surface area (Å²) in [6, 6.07) is 9.32. The SMILES string of the molecule is C#CCOc1cccc(-c2cc(N)n[nH]2)c1. The Morgan fingerprint density at radius 1 is 1.44 bits per heavy atom. The number of nitrogen functional groups attached to an aromatic ring is 1. The van der Waals surface area contributed by atoms with E-state index in [1.54, 1.807) is 6.07 Å². The van der Waals surface area contributed by atoms with Gasteiger partial charge in [0, 0.05) is 11.6 Å². The summed E-state index contributed by atoms with van der Waals surface area (Å²) in [5, 5.41) is 6.70. The molecule has 0 bridgehead atoms. The monoisotopic (exact) mass is 213 g/mol. The van der Waals surface area contributed by atoms with Crippen LogP contribution in [0.3, 0.4) is 0 Å². The van der Waals surface area contributed by atoms with Crippen molar-refractivity contribution in [2.75, 3.05) is 12.3 Å². The summed E-state index contributed by atoms with van der Waals surface area (Å²) in [6.45, 7) is 0.259. The van der Waals surface area contributed by atoms with E-state index in [4.69, 9.17) is 16.9 Å². The van der Waals surface area contributed by atoms with E-state index in [1.807, 2.05) is 24.3 Å². The predicted molar refractivity (Wildman–Crippen MR) is 62.8 cm³/mol.